The van der Waals surface area contributed by atoms with Crippen LogP contribution in [0.3, 0.4) is 0 Å². The predicted octanol–water partition coefficient (Wildman–Crippen LogP) is 1.39. The summed E-state index contributed by atoms with van der Waals surface area (Å²) < 4.78 is 21.0. The molecule has 0 radical (unpaired) electrons. The Balaban J connectivity index is 1.40. The van der Waals surface area contributed by atoms with Crippen molar-refractivity contribution in [1.82, 2.24) is 10.5 Å². The maximum atomic E-state index is 11.8. The fourth-order valence-electron chi connectivity index (χ4n) is 2.60. The molecule has 1 fully saturated rings. The van der Waals surface area contributed by atoms with Crippen LogP contribution in [0.2, 0.25) is 0 Å². The summed E-state index contributed by atoms with van der Waals surface area (Å²) in [4.78, 5) is 23.0. The summed E-state index contributed by atoms with van der Waals surface area (Å²) >= 11 is 0. The van der Waals surface area contributed by atoms with Crippen LogP contribution in [-0.4, -0.2) is 29.9 Å². The number of hydrogen-bond acceptors (Lipinski definition) is 7. The van der Waals surface area contributed by atoms with Gasteiger partial charge in [-0.1, -0.05) is 5.16 Å². The number of rotatable bonds is 4. The number of hydrogen-bond donors (Lipinski definition) is 1. The van der Waals surface area contributed by atoms with Gasteiger partial charge in [0.15, 0.2) is 17.3 Å². The van der Waals surface area contributed by atoms with Gasteiger partial charge in [0, 0.05) is 18.1 Å². The van der Waals surface area contributed by atoms with Crippen molar-refractivity contribution in [3.63, 3.8) is 0 Å². The fourth-order valence-corrected chi connectivity index (χ4v) is 2.60. The van der Waals surface area contributed by atoms with Gasteiger partial charge < -0.3 is 24.1 Å². The number of benzene rings is 1. The van der Waals surface area contributed by atoms with E-state index in [1.54, 1.807) is 18.2 Å². The third-order valence-electron chi connectivity index (χ3n) is 3.86. The number of carbonyl (C=O) groups excluding carboxylic acids is 2. The molecule has 0 bridgehead atoms. The minimum Gasteiger partial charge on any atom is -0.458 e. The predicted molar refractivity (Wildman–Crippen MR) is 79.0 cm³/mol. The Labute approximate surface area is 136 Å². The molecule has 24 heavy (non-hydrogen) atoms. The largest absolute Gasteiger partial charge is 0.458 e. The van der Waals surface area contributed by atoms with E-state index in [0.717, 1.165) is 5.56 Å². The molecule has 0 spiro atoms. The van der Waals surface area contributed by atoms with E-state index in [1.165, 1.54) is 0 Å². The van der Waals surface area contributed by atoms with Crippen LogP contribution in [0.25, 0.3) is 11.3 Å². The van der Waals surface area contributed by atoms with Crippen molar-refractivity contribution >= 4 is 11.9 Å². The third-order valence-corrected chi connectivity index (χ3v) is 3.86. The van der Waals surface area contributed by atoms with Gasteiger partial charge in [-0.25, -0.2) is 4.79 Å². The standard InChI is InChI=1S/C16H14N2O6/c19-15-4-2-11(17-15)16(20)21-7-10-6-13(24-18-10)9-1-3-12-14(5-9)23-8-22-12/h1,3,5-6,11H,2,4,7-8H2,(H,17,19). The number of carbonyl (C=O) groups is 2. The highest BCUT2D eigenvalue weighted by Gasteiger charge is 2.28. The first-order valence-electron chi connectivity index (χ1n) is 7.51. The third kappa shape index (κ3) is 2.78. The second kappa shape index (κ2) is 5.88. The van der Waals surface area contributed by atoms with Crippen LogP contribution < -0.4 is 14.8 Å². The van der Waals surface area contributed by atoms with E-state index < -0.39 is 12.0 Å². The Kier molecular flexibility index (Phi) is 3.56. The van der Waals surface area contributed by atoms with Crippen LogP contribution in [0.5, 0.6) is 11.5 Å². The quantitative estimate of drug-likeness (QED) is 0.846. The summed E-state index contributed by atoms with van der Waals surface area (Å²) in [5, 5.41) is 6.45. The molecule has 1 saturated heterocycles. The van der Waals surface area contributed by atoms with Gasteiger partial charge in [0.05, 0.1) is 0 Å². The van der Waals surface area contributed by atoms with Crippen molar-refractivity contribution in [2.45, 2.75) is 25.5 Å². The molecular weight excluding hydrogens is 316 g/mol. The Bertz CT molecular complexity index is 800. The highest BCUT2D eigenvalue weighted by atomic mass is 16.7. The molecule has 3 heterocycles. The highest BCUT2D eigenvalue weighted by molar-refractivity contribution is 5.88. The Morgan fingerprint density at radius 3 is 3.00 bits per heavy atom. The Morgan fingerprint density at radius 1 is 1.29 bits per heavy atom. The first kappa shape index (κ1) is 14.6. The van der Waals surface area contributed by atoms with Gasteiger partial charge in [0.1, 0.15) is 18.3 Å². The lowest BCUT2D eigenvalue weighted by Crippen LogP contribution is -2.34. The number of nitrogens with one attached hydrogen (secondary N) is 1. The molecule has 2 aliphatic rings. The summed E-state index contributed by atoms with van der Waals surface area (Å²) in [5.74, 6) is 1.27. The topological polar surface area (TPSA) is 99.9 Å². The molecule has 1 N–H and O–H groups in total. The summed E-state index contributed by atoms with van der Waals surface area (Å²) in [7, 11) is 0. The maximum Gasteiger partial charge on any atom is 0.329 e. The molecule has 1 atom stereocenters. The van der Waals surface area contributed by atoms with Gasteiger partial charge in [0.25, 0.3) is 0 Å². The Morgan fingerprint density at radius 2 is 2.17 bits per heavy atom. The SMILES string of the molecule is O=C1CCC(C(=O)OCc2cc(-c3ccc4c(c3)OCO4)on2)N1. The smallest absolute Gasteiger partial charge is 0.329 e. The second-order valence-corrected chi connectivity index (χ2v) is 5.52. The summed E-state index contributed by atoms with van der Waals surface area (Å²) in [6, 6.07) is 6.54. The summed E-state index contributed by atoms with van der Waals surface area (Å²) in [6.45, 7) is 0.188. The van der Waals surface area contributed by atoms with E-state index in [1.807, 2.05) is 6.07 Å². The number of fused-ring (bicyclic) bond motifs is 1. The van der Waals surface area contributed by atoms with E-state index in [2.05, 4.69) is 10.5 Å². The average Bonchev–Trinajstić information content (AvgIpc) is 3.32. The number of aromatic nitrogens is 1. The number of ether oxygens (including phenoxy) is 3. The van der Waals surface area contributed by atoms with E-state index in [0.29, 0.717) is 35.8 Å². The minimum atomic E-state index is -0.572. The molecule has 0 aliphatic carbocycles. The van der Waals surface area contributed by atoms with Crippen LogP contribution >= 0.6 is 0 Å². The number of esters is 1. The summed E-state index contributed by atoms with van der Waals surface area (Å²) in [6.07, 6.45) is 0.802. The minimum absolute atomic E-state index is 0.0146. The van der Waals surface area contributed by atoms with E-state index in [-0.39, 0.29) is 19.3 Å². The average molecular weight is 330 g/mol. The molecule has 8 heteroatoms. The first-order chi connectivity index (χ1) is 11.7. The van der Waals surface area contributed by atoms with Crippen molar-refractivity contribution in [2.24, 2.45) is 0 Å². The zero-order valence-corrected chi connectivity index (χ0v) is 12.6. The molecular formula is C16H14N2O6. The van der Waals surface area contributed by atoms with Gasteiger partial charge in [0.2, 0.25) is 12.7 Å². The molecule has 1 aromatic carbocycles. The van der Waals surface area contributed by atoms with Crippen LogP contribution in [0, 0.1) is 0 Å². The van der Waals surface area contributed by atoms with Crippen molar-refractivity contribution in [2.75, 3.05) is 6.79 Å². The lowest BCUT2D eigenvalue weighted by atomic mass is 10.1. The van der Waals surface area contributed by atoms with Crippen LogP contribution in [-0.2, 0) is 20.9 Å². The fraction of sp³-hybridized carbons (Fsp3) is 0.312. The maximum absolute atomic E-state index is 11.8. The van der Waals surface area contributed by atoms with Crippen molar-refractivity contribution in [1.29, 1.82) is 0 Å². The van der Waals surface area contributed by atoms with Gasteiger partial charge in [-0.05, 0) is 24.6 Å². The van der Waals surface area contributed by atoms with Gasteiger partial charge in [-0.3, -0.25) is 4.79 Å². The number of nitrogens with zero attached hydrogens (tertiary/aromatic N) is 1. The molecule has 124 valence electrons. The Hall–Kier alpha value is -3.03. The monoisotopic (exact) mass is 330 g/mol. The first-order valence-corrected chi connectivity index (χ1v) is 7.51. The molecule has 4 rings (SSSR count). The van der Waals surface area contributed by atoms with Crippen LogP contribution in [0.1, 0.15) is 18.5 Å². The zero-order chi connectivity index (χ0) is 16.5. The van der Waals surface area contributed by atoms with Crippen molar-refractivity contribution < 1.29 is 28.3 Å². The molecule has 1 unspecified atom stereocenters. The van der Waals surface area contributed by atoms with Gasteiger partial charge >= 0.3 is 5.97 Å². The van der Waals surface area contributed by atoms with Crippen molar-refractivity contribution in [3.05, 3.63) is 30.0 Å². The van der Waals surface area contributed by atoms with E-state index >= 15 is 0 Å². The molecule has 0 saturated carbocycles. The highest BCUT2D eigenvalue weighted by Crippen LogP contribution is 2.36. The molecule has 1 aromatic heterocycles. The number of amides is 1. The van der Waals surface area contributed by atoms with Crippen LogP contribution in [0.15, 0.2) is 28.8 Å². The van der Waals surface area contributed by atoms with Gasteiger partial charge in [-0.2, -0.15) is 0 Å². The summed E-state index contributed by atoms with van der Waals surface area (Å²) in [5.41, 5.74) is 1.27. The van der Waals surface area contributed by atoms with Gasteiger partial charge in [-0.15, -0.1) is 0 Å². The zero-order valence-electron chi connectivity index (χ0n) is 12.6. The normalized spacial score (nSPS) is 18.5. The lowest BCUT2D eigenvalue weighted by molar-refractivity contribution is -0.147. The van der Waals surface area contributed by atoms with Crippen molar-refractivity contribution in [3.8, 4) is 22.8 Å². The lowest BCUT2D eigenvalue weighted by Gasteiger charge is -2.08. The molecule has 8 nitrogen and oxygen atoms in total. The van der Waals surface area contributed by atoms with Crippen LogP contribution in [0.4, 0.5) is 0 Å². The molecule has 2 aromatic rings. The second-order valence-electron chi connectivity index (χ2n) is 5.52. The van der Waals surface area contributed by atoms with E-state index in [4.69, 9.17) is 18.7 Å². The molecule has 1 amide bonds. The molecule has 2 aliphatic heterocycles. The van der Waals surface area contributed by atoms with E-state index in [9.17, 15) is 9.59 Å².